The van der Waals surface area contributed by atoms with Crippen LogP contribution in [0.4, 0.5) is 14.5 Å². The van der Waals surface area contributed by atoms with E-state index in [-0.39, 0.29) is 12.5 Å². The first-order chi connectivity index (χ1) is 12.5. The number of alkyl halides is 2. The normalized spacial score (nSPS) is 11.3. The van der Waals surface area contributed by atoms with Crippen LogP contribution in [0.2, 0.25) is 0 Å². The van der Waals surface area contributed by atoms with Crippen LogP contribution in [0.5, 0.6) is 17.2 Å². The smallest absolute Gasteiger partial charge is 0.272 e. The number of ether oxygens (including phenoxy) is 3. The molecule has 0 heterocycles. The molecular formula is C18H21F2N3O3. The molecule has 8 heteroatoms. The SMILES string of the molecule is COc1ccc(NC(N)=NCc2cccc(OCC(F)F)c2)cc1OC. The van der Waals surface area contributed by atoms with Crippen molar-refractivity contribution in [1.82, 2.24) is 0 Å². The molecule has 0 spiro atoms. The molecular weight excluding hydrogens is 344 g/mol. The van der Waals surface area contributed by atoms with E-state index < -0.39 is 13.0 Å². The number of hydrogen-bond donors (Lipinski definition) is 2. The van der Waals surface area contributed by atoms with Gasteiger partial charge in [-0.15, -0.1) is 0 Å². The summed E-state index contributed by atoms with van der Waals surface area (Å²) in [5.41, 5.74) is 7.37. The standard InChI is InChI=1S/C18H21F2N3O3/c1-24-15-7-6-13(9-16(15)25-2)23-18(21)22-10-12-4-3-5-14(8-12)26-11-17(19)20/h3-9,17H,10-11H2,1-2H3,(H3,21,22,23). The van der Waals surface area contributed by atoms with Crippen molar-refractivity contribution >= 4 is 11.6 Å². The molecule has 0 atom stereocenters. The Bertz CT molecular complexity index is 754. The highest BCUT2D eigenvalue weighted by Crippen LogP contribution is 2.29. The van der Waals surface area contributed by atoms with E-state index in [2.05, 4.69) is 10.3 Å². The lowest BCUT2D eigenvalue weighted by Crippen LogP contribution is -2.22. The molecule has 3 N–H and O–H groups in total. The molecule has 0 saturated heterocycles. The highest BCUT2D eigenvalue weighted by atomic mass is 19.3. The van der Waals surface area contributed by atoms with Crippen LogP contribution in [-0.2, 0) is 6.54 Å². The van der Waals surface area contributed by atoms with Crippen LogP contribution in [0.25, 0.3) is 0 Å². The predicted octanol–water partition coefficient (Wildman–Crippen LogP) is 3.27. The molecule has 0 saturated carbocycles. The number of nitrogens with one attached hydrogen (secondary N) is 1. The summed E-state index contributed by atoms with van der Waals surface area (Å²) < 4.78 is 39.8. The van der Waals surface area contributed by atoms with Crippen molar-refractivity contribution in [1.29, 1.82) is 0 Å². The molecule has 0 bridgehead atoms. The molecule has 0 unspecified atom stereocenters. The first kappa shape index (κ1) is 19.3. The number of hydrogen-bond acceptors (Lipinski definition) is 4. The number of benzene rings is 2. The van der Waals surface area contributed by atoms with Gasteiger partial charge in [-0.25, -0.2) is 13.8 Å². The van der Waals surface area contributed by atoms with Crippen molar-refractivity contribution in [2.45, 2.75) is 13.0 Å². The van der Waals surface area contributed by atoms with Crippen LogP contribution in [0.1, 0.15) is 5.56 Å². The van der Waals surface area contributed by atoms with E-state index in [4.69, 9.17) is 19.9 Å². The van der Waals surface area contributed by atoms with Gasteiger partial charge in [-0.1, -0.05) is 12.1 Å². The Morgan fingerprint density at radius 2 is 1.88 bits per heavy atom. The summed E-state index contributed by atoms with van der Waals surface area (Å²) in [4.78, 5) is 4.23. The Balaban J connectivity index is 1.99. The van der Waals surface area contributed by atoms with E-state index in [1.807, 2.05) is 6.07 Å². The number of halogens is 2. The molecule has 0 aromatic heterocycles. The minimum atomic E-state index is -2.52. The Hall–Kier alpha value is -3.03. The molecule has 0 aliphatic rings. The van der Waals surface area contributed by atoms with E-state index in [1.165, 1.54) is 0 Å². The van der Waals surface area contributed by atoms with Crippen LogP contribution >= 0.6 is 0 Å². The monoisotopic (exact) mass is 365 g/mol. The fraction of sp³-hybridized carbons (Fsp3) is 0.278. The fourth-order valence-electron chi connectivity index (χ4n) is 2.17. The first-order valence-electron chi connectivity index (χ1n) is 7.80. The maximum Gasteiger partial charge on any atom is 0.272 e. The summed E-state index contributed by atoms with van der Waals surface area (Å²) in [6.07, 6.45) is -2.52. The second-order valence-electron chi connectivity index (χ2n) is 5.25. The minimum Gasteiger partial charge on any atom is -0.493 e. The van der Waals surface area contributed by atoms with Crippen molar-refractivity contribution in [2.75, 3.05) is 26.1 Å². The Morgan fingerprint density at radius 3 is 2.58 bits per heavy atom. The lowest BCUT2D eigenvalue weighted by molar-refractivity contribution is 0.0818. The Kier molecular flexibility index (Phi) is 7.02. The number of guanidine groups is 1. The van der Waals surface area contributed by atoms with Gasteiger partial charge in [-0.05, 0) is 29.8 Å². The highest BCUT2D eigenvalue weighted by molar-refractivity contribution is 5.92. The van der Waals surface area contributed by atoms with E-state index in [0.29, 0.717) is 22.9 Å². The van der Waals surface area contributed by atoms with Gasteiger partial charge in [0, 0.05) is 11.8 Å². The topological polar surface area (TPSA) is 78.1 Å². The van der Waals surface area contributed by atoms with Gasteiger partial charge in [0.25, 0.3) is 6.43 Å². The van der Waals surface area contributed by atoms with E-state index in [9.17, 15) is 8.78 Å². The maximum absolute atomic E-state index is 12.2. The molecule has 0 amide bonds. The largest absolute Gasteiger partial charge is 0.493 e. The van der Waals surface area contributed by atoms with E-state index >= 15 is 0 Å². The molecule has 0 aliphatic carbocycles. The van der Waals surface area contributed by atoms with Gasteiger partial charge < -0.3 is 25.3 Å². The molecule has 140 valence electrons. The summed E-state index contributed by atoms with van der Waals surface area (Å²) in [7, 11) is 3.10. The lowest BCUT2D eigenvalue weighted by atomic mass is 10.2. The number of methoxy groups -OCH3 is 2. The van der Waals surface area contributed by atoms with Crippen LogP contribution in [0, 0.1) is 0 Å². The van der Waals surface area contributed by atoms with Crippen LogP contribution in [0.15, 0.2) is 47.5 Å². The molecule has 6 nitrogen and oxygen atoms in total. The zero-order valence-electron chi connectivity index (χ0n) is 14.5. The maximum atomic E-state index is 12.2. The van der Waals surface area contributed by atoms with Crippen molar-refractivity contribution < 1.29 is 23.0 Å². The van der Waals surface area contributed by atoms with E-state index in [0.717, 1.165) is 5.56 Å². The van der Waals surface area contributed by atoms with Crippen LogP contribution in [0.3, 0.4) is 0 Å². The third-order valence-electron chi connectivity index (χ3n) is 3.36. The summed E-state index contributed by atoms with van der Waals surface area (Å²) >= 11 is 0. The second-order valence-corrected chi connectivity index (χ2v) is 5.25. The average molecular weight is 365 g/mol. The zero-order valence-corrected chi connectivity index (χ0v) is 14.5. The number of nitrogens with two attached hydrogens (primary N) is 1. The molecule has 0 fully saturated rings. The summed E-state index contributed by atoms with van der Waals surface area (Å²) in [5, 5.41) is 2.95. The summed E-state index contributed by atoms with van der Waals surface area (Å²) in [6, 6.07) is 12.0. The number of rotatable bonds is 8. The van der Waals surface area contributed by atoms with Gasteiger partial charge in [0.15, 0.2) is 17.5 Å². The quantitative estimate of drug-likeness (QED) is 0.554. The third kappa shape index (κ3) is 5.80. The zero-order chi connectivity index (χ0) is 18.9. The number of anilines is 1. The van der Waals surface area contributed by atoms with Gasteiger partial charge >= 0.3 is 0 Å². The van der Waals surface area contributed by atoms with Crippen molar-refractivity contribution in [3.05, 3.63) is 48.0 Å². The third-order valence-corrected chi connectivity index (χ3v) is 3.36. The van der Waals surface area contributed by atoms with E-state index in [1.54, 1.807) is 50.6 Å². The molecule has 2 aromatic carbocycles. The Labute approximate surface area is 150 Å². The fourth-order valence-corrected chi connectivity index (χ4v) is 2.17. The van der Waals surface area contributed by atoms with Gasteiger partial charge in [-0.3, -0.25) is 0 Å². The summed E-state index contributed by atoms with van der Waals surface area (Å²) in [5.74, 6) is 1.74. The summed E-state index contributed by atoms with van der Waals surface area (Å²) in [6.45, 7) is -0.367. The van der Waals surface area contributed by atoms with Gasteiger partial charge in [0.05, 0.1) is 20.8 Å². The lowest BCUT2D eigenvalue weighted by Gasteiger charge is -2.11. The van der Waals surface area contributed by atoms with Crippen molar-refractivity contribution in [2.24, 2.45) is 10.7 Å². The van der Waals surface area contributed by atoms with Gasteiger partial charge in [0.2, 0.25) is 0 Å². The average Bonchev–Trinajstić information content (AvgIpc) is 2.65. The molecule has 26 heavy (non-hydrogen) atoms. The number of aliphatic imine (C=N–C) groups is 1. The van der Waals surface area contributed by atoms with Crippen LogP contribution in [-0.4, -0.2) is 33.2 Å². The van der Waals surface area contributed by atoms with Gasteiger partial charge in [-0.2, -0.15) is 0 Å². The highest BCUT2D eigenvalue weighted by Gasteiger charge is 2.06. The van der Waals surface area contributed by atoms with Gasteiger partial charge in [0.1, 0.15) is 12.4 Å². The predicted molar refractivity (Wildman–Crippen MR) is 96.4 cm³/mol. The minimum absolute atomic E-state index is 0.205. The second kappa shape index (κ2) is 9.45. The molecule has 0 aliphatic heterocycles. The molecule has 2 aromatic rings. The first-order valence-corrected chi connectivity index (χ1v) is 7.80. The van der Waals surface area contributed by atoms with Crippen molar-refractivity contribution in [3.63, 3.8) is 0 Å². The number of nitrogens with zero attached hydrogens (tertiary/aromatic N) is 1. The Morgan fingerprint density at radius 1 is 1.12 bits per heavy atom. The molecule has 2 rings (SSSR count). The van der Waals surface area contributed by atoms with Crippen LogP contribution < -0.4 is 25.3 Å². The molecule has 0 radical (unpaired) electrons. The van der Waals surface area contributed by atoms with Crippen molar-refractivity contribution in [3.8, 4) is 17.2 Å².